The van der Waals surface area contributed by atoms with E-state index in [0.717, 1.165) is 0 Å². The molecule has 98 valence electrons. The molecule has 1 aromatic carbocycles. The molecule has 0 radical (unpaired) electrons. The van der Waals surface area contributed by atoms with Crippen LogP contribution in [-0.4, -0.2) is 10.6 Å². The van der Waals surface area contributed by atoms with Gasteiger partial charge in [0, 0.05) is 0 Å². The average molecular weight is 280 g/mol. The summed E-state index contributed by atoms with van der Waals surface area (Å²) in [5.74, 6) is 0.00791. The lowest BCUT2D eigenvalue weighted by atomic mass is 10.3. The zero-order chi connectivity index (χ0) is 13.8. The molecule has 0 aliphatic carbocycles. The van der Waals surface area contributed by atoms with Crippen molar-refractivity contribution in [3.63, 3.8) is 0 Å². The molecular weight excluding hydrogens is 270 g/mol. The van der Waals surface area contributed by atoms with Crippen LogP contribution in [-0.2, 0) is 0 Å². The number of anilines is 1. The number of halogens is 1. The van der Waals surface area contributed by atoms with E-state index in [9.17, 15) is 10.1 Å². The number of para-hydroxylation sites is 1. The van der Waals surface area contributed by atoms with Crippen LogP contribution >= 0.6 is 11.6 Å². The summed E-state index contributed by atoms with van der Waals surface area (Å²) in [6, 6.07) is 9.89. The molecule has 0 aliphatic rings. The van der Waals surface area contributed by atoms with E-state index in [0.29, 0.717) is 22.2 Å². The third kappa shape index (κ3) is 3.11. The smallest absolute Gasteiger partial charge is 0.399 e. The van der Waals surface area contributed by atoms with Crippen molar-refractivity contribution in [3.05, 3.63) is 57.3 Å². The fraction of sp³-hybridized carbons (Fsp3) is 0.0833. The summed E-state index contributed by atoms with van der Waals surface area (Å²) >= 11 is 5.95. The molecule has 2 rings (SSSR count). The Labute approximate surface area is 113 Å². The van der Waals surface area contributed by atoms with Crippen molar-refractivity contribution in [2.45, 2.75) is 6.92 Å². The van der Waals surface area contributed by atoms with Crippen LogP contribution in [0.15, 0.2) is 45.9 Å². The van der Waals surface area contributed by atoms with Gasteiger partial charge in [-0.1, -0.05) is 23.7 Å². The first-order valence-corrected chi connectivity index (χ1v) is 5.75. The van der Waals surface area contributed by atoms with Crippen molar-refractivity contribution in [2.24, 2.45) is 5.10 Å². The molecule has 0 unspecified atom stereocenters. The van der Waals surface area contributed by atoms with Gasteiger partial charge in [-0.15, -0.1) is 0 Å². The predicted molar refractivity (Wildman–Crippen MR) is 72.6 cm³/mol. The number of furan rings is 1. The molecule has 0 atom stereocenters. The fourth-order valence-electron chi connectivity index (χ4n) is 1.37. The van der Waals surface area contributed by atoms with E-state index in [1.54, 1.807) is 25.1 Å². The monoisotopic (exact) mass is 279 g/mol. The van der Waals surface area contributed by atoms with Crippen LogP contribution in [0.25, 0.3) is 0 Å². The predicted octanol–water partition coefficient (Wildman–Crippen LogP) is 3.68. The molecule has 2 aromatic rings. The number of nitrogens with zero attached hydrogens (tertiary/aromatic N) is 2. The van der Waals surface area contributed by atoms with Crippen molar-refractivity contribution in [1.82, 2.24) is 0 Å². The second-order valence-electron chi connectivity index (χ2n) is 3.68. The fourth-order valence-corrected chi connectivity index (χ4v) is 1.55. The molecule has 1 N–H and O–H groups in total. The molecule has 0 saturated heterocycles. The SMILES string of the molecule is CC(=NNc1ccccc1Cl)c1ccc([N+](=O)[O-])o1. The van der Waals surface area contributed by atoms with Gasteiger partial charge in [0.2, 0.25) is 0 Å². The van der Waals surface area contributed by atoms with E-state index in [1.807, 2.05) is 6.07 Å². The highest BCUT2D eigenvalue weighted by Gasteiger charge is 2.13. The van der Waals surface area contributed by atoms with Crippen LogP contribution in [0.2, 0.25) is 5.02 Å². The van der Waals surface area contributed by atoms with Crippen LogP contribution in [0.3, 0.4) is 0 Å². The highest BCUT2D eigenvalue weighted by Crippen LogP contribution is 2.21. The Balaban J connectivity index is 2.15. The normalized spacial score (nSPS) is 11.4. The zero-order valence-corrected chi connectivity index (χ0v) is 10.7. The number of benzene rings is 1. The minimum absolute atomic E-state index is 0.317. The second kappa shape index (κ2) is 5.53. The van der Waals surface area contributed by atoms with Gasteiger partial charge in [0.25, 0.3) is 0 Å². The molecule has 1 heterocycles. The highest BCUT2D eigenvalue weighted by atomic mass is 35.5. The molecule has 7 heteroatoms. The lowest BCUT2D eigenvalue weighted by molar-refractivity contribution is -0.402. The quantitative estimate of drug-likeness (QED) is 0.526. The van der Waals surface area contributed by atoms with Crippen LogP contribution in [0.1, 0.15) is 12.7 Å². The van der Waals surface area contributed by atoms with E-state index in [1.165, 1.54) is 12.1 Å². The summed E-state index contributed by atoms with van der Waals surface area (Å²) in [5, 5.41) is 15.1. The Morgan fingerprint density at radius 3 is 2.74 bits per heavy atom. The summed E-state index contributed by atoms with van der Waals surface area (Å²) in [7, 11) is 0. The van der Waals surface area contributed by atoms with Crippen LogP contribution in [0.5, 0.6) is 0 Å². The highest BCUT2D eigenvalue weighted by molar-refractivity contribution is 6.33. The van der Waals surface area contributed by atoms with E-state index in [-0.39, 0.29) is 5.88 Å². The summed E-state index contributed by atoms with van der Waals surface area (Å²) in [5.41, 5.74) is 3.90. The van der Waals surface area contributed by atoms with E-state index in [4.69, 9.17) is 16.0 Å². The van der Waals surface area contributed by atoms with Crippen LogP contribution in [0.4, 0.5) is 11.6 Å². The standard InChI is InChI=1S/C12H10ClN3O3/c1-8(11-6-7-12(19-11)16(17)18)14-15-10-5-3-2-4-9(10)13/h2-7,15H,1H3. The Bertz CT molecular complexity index is 637. The third-order valence-electron chi connectivity index (χ3n) is 2.35. The first-order chi connectivity index (χ1) is 9.08. The lowest BCUT2D eigenvalue weighted by Crippen LogP contribution is -1.98. The van der Waals surface area contributed by atoms with Crippen molar-refractivity contribution in [2.75, 3.05) is 5.43 Å². The topological polar surface area (TPSA) is 80.7 Å². The first-order valence-electron chi connectivity index (χ1n) is 5.37. The van der Waals surface area contributed by atoms with Gasteiger partial charge in [0.15, 0.2) is 5.76 Å². The molecule has 0 spiro atoms. The van der Waals surface area contributed by atoms with Crippen molar-refractivity contribution in [3.8, 4) is 0 Å². The largest absolute Gasteiger partial charge is 0.433 e. The van der Waals surface area contributed by atoms with E-state index < -0.39 is 4.92 Å². The molecular formula is C12H10ClN3O3. The summed E-state index contributed by atoms with van der Waals surface area (Å²) in [4.78, 5) is 9.90. The second-order valence-corrected chi connectivity index (χ2v) is 4.09. The van der Waals surface area contributed by atoms with Crippen molar-refractivity contribution >= 4 is 28.9 Å². The van der Waals surface area contributed by atoms with Crippen LogP contribution in [0, 0.1) is 10.1 Å². The minimum atomic E-state index is -0.599. The number of nitro groups is 1. The maximum absolute atomic E-state index is 10.5. The minimum Gasteiger partial charge on any atom is -0.399 e. The van der Waals surface area contributed by atoms with Gasteiger partial charge in [-0.3, -0.25) is 15.5 Å². The molecule has 19 heavy (non-hydrogen) atoms. The molecule has 6 nitrogen and oxygen atoms in total. The summed E-state index contributed by atoms with van der Waals surface area (Å²) in [6.07, 6.45) is 0. The van der Waals surface area contributed by atoms with Gasteiger partial charge in [0.05, 0.1) is 16.8 Å². The first kappa shape index (κ1) is 13.1. The van der Waals surface area contributed by atoms with Crippen molar-refractivity contribution < 1.29 is 9.34 Å². The Morgan fingerprint density at radius 2 is 2.11 bits per heavy atom. The van der Waals surface area contributed by atoms with E-state index in [2.05, 4.69) is 10.5 Å². The lowest BCUT2D eigenvalue weighted by Gasteiger charge is -2.03. The summed E-state index contributed by atoms with van der Waals surface area (Å²) in [6.45, 7) is 1.67. The van der Waals surface area contributed by atoms with Gasteiger partial charge in [0.1, 0.15) is 10.6 Å². The molecule has 0 fully saturated rings. The molecule has 1 aromatic heterocycles. The Hall–Kier alpha value is -2.34. The molecule has 0 aliphatic heterocycles. The maximum atomic E-state index is 10.5. The maximum Gasteiger partial charge on any atom is 0.433 e. The molecule has 0 amide bonds. The average Bonchev–Trinajstić information content (AvgIpc) is 2.87. The van der Waals surface area contributed by atoms with Gasteiger partial charge < -0.3 is 4.42 Å². The van der Waals surface area contributed by atoms with Gasteiger partial charge in [-0.05, 0) is 25.1 Å². The number of hydrazone groups is 1. The summed E-state index contributed by atoms with van der Waals surface area (Å²) < 4.78 is 5.02. The van der Waals surface area contributed by atoms with Crippen LogP contribution < -0.4 is 5.43 Å². The zero-order valence-electron chi connectivity index (χ0n) is 9.96. The number of hydrogen-bond acceptors (Lipinski definition) is 5. The number of nitrogens with one attached hydrogen (secondary N) is 1. The van der Waals surface area contributed by atoms with Gasteiger partial charge >= 0.3 is 5.88 Å². The van der Waals surface area contributed by atoms with Gasteiger partial charge in [-0.25, -0.2) is 0 Å². The molecule has 0 saturated carbocycles. The van der Waals surface area contributed by atoms with Gasteiger partial charge in [-0.2, -0.15) is 5.10 Å². The molecule has 0 bridgehead atoms. The number of rotatable bonds is 4. The Kier molecular flexibility index (Phi) is 3.82. The number of hydrogen-bond donors (Lipinski definition) is 1. The third-order valence-corrected chi connectivity index (χ3v) is 2.68. The van der Waals surface area contributed by atoms with Crippen molar-refractivity contribution in [1.29, 1.82) is 0 Å². The van der Waals surface area contributed by atoms with E-state index >= 15 is 0 Å². The Morgan fingerprint density at radius 1 is 1.37 bits per heavy atom.